The Morgan fingerprint density at radius 3 is 2.45 bits per heavy atom. The van der Waals surface area contributed by atoms with E-state index in [1.54, 1.807) is 0 Å². The molecule has 1 saturated heterocycles. The summed E-state index contributed by atoms with van der Waals surface area (Å²) in [6.07, 6.45) is -1.92. The molecule has 0 bridgehead atoms. The van der Waals surface area contributed by atoms with Crippen molar-refractivity contribution in [2.45, 2.75) is 26.1 Å². The van der Waals surface area contributed by atoms with Gasteiger partial charge in [-0.15, -0.1) is 12.4 Å². The van der Waals surface area contributed by atoms with Crippen LogP contribution >= 0.6 is 12.4 Å². The quantitative estimate of drug-likeness (QED) is 0.581. The summed E-state index contributed by atoms with van der Waals surface area (Å²) in [5.74, 6) is 0. The number of nitrogens with one attached hydrogen (secondary N) is 1. The van der Waals surface area contributed by atoms with E-state index in [0.717, 1.165) is 0 Å². The summed E-state index contributed by atoms with van der Waals surface area (Å²) in [5, 5.41) is 12.2. The van der Waals surface area contributed by atoms with Gasteiger partial charge in [0.15, 0.2) is 0 Å². The third-order valence-corrected chi connectivity index (χ3v) is 2.06. The predicted octanol–water partition coefficient (Wildman–Crippen LogP) is 0.737. The van der Waals surface area contributed by atoms with Gasteiger partial charge in [-0.2, -0.15) is 0 Å². The fraction of sp³-hybridized carbons (Fsp3) is 1.00. The van der Waals surface area contributed by atoms with E-state index in [4.69, 9.17) is 0 Å². The van der Waals surface area contributed by atoms with Crippen LogP contribution in [0, 0.1) is 5.41 Å². The molecule has 4 heteroatoms. The van der Waals surface area contributed by atoms with Gasteiger partial charge >= 0.3 is 0 Å². The number of hydrogen-bond acceptors (Lipinski definition) is 2. The van der Waals surface area contributed by atoms with Gasteiger partial charge in [0.2, 0.25) is 0 Å². The molecular weight excluding hydrogens is 169 g/mol. The number of rotatable bonds is 0. The first-order valence-corrected chi connectivity index (χ1v) is 3.57. The van der Waals surface area contributed by atoms with Crippen LogP contribution in [0.2, 0.25) is 0 Å². The lowest BCUT2D eigenvalue weighted by Crippen LogP contribution is -2.53. The van der Waals surface area contributed by atoms with Crippen LogP contribution in [0.4, 0.5) is 4.39 Å². The van der Waals surface area contributed by atoms with Crippen LogP contribution in [0.25, 0.3) is 0 Å². The van der Waals surface area contributed by atoms with Crippen molar-refractivity contribution in [3.63, 3.8) is 0 Å². The van der Waals surface area contributed by atoms with Gasteiger partial charge in [0.1, 0.15) is 6.17 Å². The fourth-order valence-corrected chi connectivity index (χ4v) is 1.24. The van der Waals surface area contributed by atoms with E-state index in [1.807, 2.05) is 13.8 Å². The molecule has 0 aromatic heterocycles. The van der Waals surface area contributed by atoms with E-state index in [-0.39, 0.29) is 24.4 Å². The van der Waals surface area contributed by atoms with Crippen molar-refractivity contribution >= 4 is 12.4 Å². The van der Waals surface area contributed by atoms with Crippen LogP contribution in [0.3, 0.4) is 0 Å². The van der Waals surface area contributed by atoms with Crippen LogP contribution < -0.4 is 5.32 Å². The van der Waals surface area contributed by atoms with Crippen molar-refractivity contribution in [1.29, 1.82) is 0 Å². The number of hydrogen-bond donors (Lipinski definition) is 2. The van der Waals surface area contributed by atoms with Crippen LogP contribution in [-0.2, 0) is 0 Å². The summed E-state index contributed by atoms with van der Waals surface area (Å²) in [6, 6.07) is 0. The fourth-order valence-electron chi connectivity index (χ4n) is 1.24. The first-order valence-electron chi connectivity index (χ1n) is 3.57. The third kappa shape index (κ3) is 2.29. The Kier molecular flexibility index (Phi) is 3.74. The Bertz CT molecular complexity index is 132. The second-order valence-electron chi connectivity index (χ2n) is 3.58. The molecule has 0 aromatic rings. The second kappa shape index (κ2) is 3.70. The molecule has 1 heterocycles. The zero-order chi connectivity index (χ0) is 7.78. The second-order valence-corrected chi connectivity index (χ2v) is 3.58. The largest absolute Gasteiger partial charge is 0.389 e. The number of aliphatic hydroxyl groups excluding tert-OH is 1. The molecule has 0 unspecified atom stereocenters. The normalized spacial score (nSPS) is 36.0. The van der Waals surface area contributed by atoms with Gasteiger partial charge in [-0.3, -0.25) is 0 Å². The zero-order valence-electron chi connectivity index (χ0n) is 6.80. The molecule has 1 aliphatic rings. The first-order chi connectivity index (χ1) is 4.54. The minimum Gasteiger partial charge on any atom is -0.389 e. The van der Waals surface area contributed by atoms with Gasteiger partial charge in [-0.1, -0.05) is 13.8 Å². The molecule has 1 rings (SSSR count). The molecule has 2 atom stereocenters. The Morgan fingerprint density at radius 2 is 2.09 bits per heavy atom. The molecule has 1 aliphatic heterocycles. The summed E-state index contributed by atoms with van der Waals surface area (Å²) >= 11 is 0. The van der Waals surface area contributed by atoms with E-state index in [1.165, 1.54) is 0 Å². The zero-order valence-corrected chi connectivity index (χ0v) is 7.62. The average molecular weight is 184 g/mol. The maximum absolute atomic E-state index is 12.8. The molecule has 0 amide bonds. The van der Waals surface area contributed by atoms with Crippen molar-refractivity contribution < 1.29 is 9.50 Å². The molecule has 1 fully saturated rings. The lowest BCUT2D eigenvalue weighted by molar-refractivity contribution is -0.0346. The van der Waals surface area contributed by atoms with Gasteiger partial charge in [0, 0.05) is 18.5 Å². The van der Waals surface area contributed by atoms with E-state index < -0.39 is 12.3 Å². The molecular formula is C7H15ClFNO. The highest BCUT2D eigenvalue weighted by Crippen LogP contribution is 2.26. The monoisotopic (exact) mass is 183 g/mol. The van der Waals surface area contributed by atoms with Crippen LogP contribution in [0.15, 0.2) is 0 Å². The summed E-state index contributed by atoms with van der Waals surface area (Å²) in [7, 11) is 0. The van der Waals surface area contributed by atoms with Gasteiger partial charge in [-0.05, 0) is 0 Å². The maximum Gasteiger partial charge on any atom is 0.139 e. The summed E-state index contributed by atoms with van der Waals surface area (Å²) in [4.78, 5) is 0. The van der Waals surface area contributed by atoms with Crippen molar-refractivity contribution in [3.05, 3.63) is 0 Å². The topological polar surface area (TPSA) is 32.3 Å². The number of piperidine rings is 1. The number of alkyl halides is 1. The highest BCUT2D eigenvalue weighted by Gasteiger charge is 2.37. The minimum absolute atomic E-state index is 0. The van der Waals surface area contributed by atoms with Crippen molar-refractivity contribution in [3.8, 4) is 0 Å². The molecule has 0 aromatic carbocycles. The molecule has 0 spiro atoms. The van der Waals surface area contributed by atoms with Crippen LogP contribution in [0.1, 0.15) is 13.8 Å². The molecule has 68 valence electrons. The number of aliphatic hydroxyl groups is 1. The molecule has 2 nitrogen and oxygen atoms in total. The van der Waals surface area contributed by atoms with Crippen LogP contribution in [0.5, 0.6) is 0 Å². The van der Waals surface area contributed by atoms with Crippen LogP contribution in [-0.4, -0.2) is 30.5 Å². The standard InChI is InChI=1S/C7H14FNO.ClH/c1-7(2)4-9-3-5(8)6(7)10;/h5-6,9-10H,3-4H2,1-2H3;1H/t5-,6-;/m1./s1. The number of halogens is 2. The summed E-state index contributed by atoms with van der Waals surface area (Å²) < 4.78 is 12.8. The Morgan fingerprint density at radius 1 is 1.55 bits per heavy atom. The van der Waals surface area contributed by atoms with E-state index >= 15 is 0 Å². The van der Waals surface area contributed by atoms with Crippen molar-refractivity contribution in [2.24, 2.45) is 5.41 Å². The maximum atomic E-state index is 12.8. The first kappa shape index (κ1) is 11.1. The SMILES string of the molecule is CC1(C)CNC[C@@H](F)[C@H]1O.Cl. The van der Waals surface area contributed by atoms with Gasteiger partial charge in [0.05, 0.1) is 6.10 Å². The Balaban J connectivity index is 0.000001000. The highest BCUT2D eigenvalue weighted by atomic mass is 35.5. The molecule has 11 heavy (non-hydrogen) atoms. The smallest absolute Gasteiger partial charge is 0.139 e. The predicted molar refractivity (Wildman–Crippen MR) is 44.8 cm³/mol. The lowest BCUT2D eigenvalue weighted by atomic mass is 9.81. The van der Waals surface area contributed by atoms with Crippen molar-refractivity contribution in [1.82, 2.24) is 5.32 Å². The molecule has 0 saturated carbocycles. The van der Waals surface area contributed by atoms with E-state index in [2.05, 4.69) is 5.32 Å². The Hall–Kier alpha value is 0.140. The highest BCUT2D eigenvalue weighted by molar-refractivity contribution is 5.85. The molecule has 0 aliphatic carbocycles. The van der Waals surface area contributed by atoms with Gasteiger partial charge in [-0.25, -0.2) is 4.39 Å². The van der Waals surface area contributed by atoms with Crippen molar-refractivity contribution in [2.75, 3.05) is 13.1 Å². The Labute approximate surface area is 72.6 Å². The van der Waals surface area contributed by atoms with E-state index in [0.29, 0.717) is 6.54 Å². The summed E-state index contributed by atoms with van der Waals surface area (Å²) in [6.45, 7) is 4.69. The molecule has 2 N–H and O–H groups in total. The van der Waals surface area contributed by atoms with Gasteiger partial charge in [0.25, 0.3) is 0 Å². The summed E-state index contributed by atoms with van der Waals surface area (Å²) in [5.41, 5.74) is -0.322. The van der Waals surface area contributed by atoms with E-state index in [9.17, 15) is 9.50 Å². The minimum atomic E-state index is -1.11. The third-order valence-electron chi connectivity index (χ3n) is 2.06. The van der Waals surface area contributed by atoms with Gasteiger partial charge < -0.3 is 10.4 Å². The average Bonchev–Trinajstić information content (AvgIpc) is 1.83. The lowest BCUT2D eigenvalue weighted by Gasteiger charge is -2.37. The molecule has 0 radical (unpaired) electrons.